The minimum absolute atomic E-state index is 0.0970. The van der Waals surface area contributed by atoms with Crippen molar-refractivity contribution in [2.75, 3.05) is 5.73 Å². The van der Waals surface area contributed by atoms with Crippen LogP contribution in [0.15, 0.2) is 35.4 Å². The van der Waals surface area contributed by atoms with Gasteiger partial charge in [-0.1, -0.05) is 23.7 Å². The minimum Gasteiger partial charge on any atom is -0.392 e. The summed E-state index contributed by atoms with van der Waals surface area (Å²) in [5.74, 6) is 0. The molecule has 0 fully saturated rings. The van der Waals surface area contributed by atoms with Crippen molar-refractivity contribution >= 4 is 17.3 Å². The van der Waals surface area contributed by atoms with Crippen molar-refractivity contribution < 1.29 is 0 Å². The number of hydrogen-bond acceptors (Lipinski definition) is 3. The number of halogens is 1. The molecule has 0 aliphatic rings. The lowest BCUT2D eigenvalue weighted by Crippen LogP contribution is -2.13. The number of rotatable bonds is 1. The van der Waals surface area contributed by atoms with E-state index in [0.29, 0.717) is 10.7 Å². The lowest BCUT2D eigenvalue weighted by atomic mass is 10.1. The van der Waals surface area contributed by atoms with E-state index in [9.17, 15) is 4.79 Å². The first-order valence-corrected chi connectivity index (χ1v) is 4.65. The summed E-state index contributed by atoms with van der Waals surface area (Å²) < 4.78 is 0. The van der Waals surface area contributed by atoms with Gasteiger partial charge in [-0.2, -0.15) is 0 Å². The molecule has 2 rings (SSSR count). The van der Waals surface area contributed by atoms with E-state index >= 15 is 0 Å². The van der Waals surface area contributed by atoms with Gasteiger partial charge in [0.05, 0.1) is 6.33 Å². The molecule has 0 saturated carbocycles. The summed E-state index contributed by atoms with van der Waals surface area (Å²) in [6, 6.07) is 7.03. The van der Waals surface area contributed by atoms with Crippen molar-refractivity contribution in [2.24, 2.45) is 0 Å². The lowest BCUT2D eigenvalue weighted by molar-refractivity contribution is 1.13. The van der Waals surface area contributed by atoms with Gasteiger partial charge in [0.25, 0.3) is 5.56 Å². The molecular weight excluding hydrogens is 214 g/mol. The van der Waals surface area contributed by atoms with Crippen molar-refractivity contribution in [3.63, 3.8) is 0 Å². The van der Waals surface area contributed by atoms with Crippen molar-refractivity contribution in [1.29, 1.82) is 0 Å². The number of nitrogens with one attached hydrogen (secondary N) is 1. The zero-order valence-electron chi connectivity index (χ0n) is 7.70. The Morgan fingerprint density at radius 2 is 2.20 bits per heavy atom. The van der Waals surface area contributed by atoms with E-state index in [1.165, 1.54) is 6.33 Å². The standard InChI is InChI=1S/C10H8ClN3O/c11-7-3-1-2-6(4-7)9-8(12)10(15)14-5-13-9/h1-5H,12H2,(H,13,14,15). The van der Waals surface area contributed by atoms with Crippen molar-refractivity contribution in [1.82, 2.24) is 9.97 Å². The van der Waals surface area contributed by atoms with Crippen LogP contribution < -0.4 is 11.3 Å². The van der Waals surface area contributed by atoms with Crippen molar-refractivity contribution in [3.05, 3.63) is 46.0 Å². The Labute approximate surface area is 90.7 Å². The Balaban J connectivity index is 2.64. The van der Waals surface area contributed by atoms with E-state index in [2.05, 4.69) is 9.97 Å². The molecule has 2 aromatic rings. The molecule has 5 heteroatoms. The van der Waals surface area contributed by atoms with Gasteiger partial charge in [0, 0.05) is 10.6 Å². The zero-order chi connectivity index (χ0) is 10.8. The molecule has 0 amide bonds. The molecule has 4 nitrogen and oxygen atoms in total. The fourth-order valence-electron chi connectivity index (χ4n) is 1.28. The molecule has 1 heterocycles. The van der Waals surface area contributed by atoms with Gasteiger partial charge in [-0.3, -0.25) is 4.79 Å². The molecule has 1 aromatic carbocycles. The third kappa shape index (κ3) is 1.85. The highest BCUT2D eigenvalue weighted by Gasteiger charge is 2.06. The second-order valence-electron chi connectivity index (χ2n) is 3.00. The monoisotopic (exact) mass is 221 g/mol. The number of aromatic nitrogens is 2. The fraction of sp³-hybridized carbons (Fsp3) is 0. The van der Waals surface area contributed by atoms with E-state index in [1.807, 2.05) is 0 Å². The minimum atomic E-state index is -0.347. The van der Waals surface area contributed by atoms with E-state index in [4.69, 9.17) is 17.3 Å². The summed E-state index contributed by atoms with van der Waals surface area (Å²) in [5.41, 5.74) is 6.54. The van der Waals surface area contributed by atoms with Crippen molar-refractivity contribution in [3.8, 4) is 11.3 Å². The van der Waals surface area contributed by atoms with Gasteiger partial charge in [0.15, 0.2) is 0 Å². The number of hydrogen-bond donors (Lipinski definition) is 2. The quantitative estimate of drug-likeness (QED) is 0.770. The van der Waals surface area contributed by atoms with Crippen LogP contribution in [0, 0.1) is 0 Å². The first-order chi connectivity index (χ1) is 7.18. The molecule has 0 bridgehead atoms. The molecular formula is C10H8ClN3O. The summed E-state index contributed by atoms with van der Waals surface area (Å²) in [6.45, 7) is 0. The van der Waals surface area contributed by atoms with Gasteiger partial charge in [-0.25, -0.2) is 4.98 Å². The zero-order valence-corrected chi connectivity index (χ0v) is 8.45. The Bertz CT molecular complexity index is 550. The van der Waals surface area contributed by atoms with Crippen LogP contribution in [0.25, 0.3) is 11.3 Å². The number of benzene rings is 1. The number of nitrogen functional groups attached to an aromatic ring is 1. The summed E-state index contributed by atoms with van der Waals surface area (Å²) in [4.78, 5) is 17.7. The second-order valence-corrected chi connectivity index (χ2v) is 3.44. The highest BCUT2D eigenvalue weighted by Crippen LogP contribution is 2.22. The Hall–Kier alpha value is -1.81. The first-order valence-electron chi connectivity index (χ1n) is 4.27. The van der Waals surface area contributed by atoms with Gasteiger partial charge in [-0.15, -0.1) is 0 Å². The molecule has 0 saturated heterocycles. The number of nitrogens with two attached hydrogens (primary N) is 1. The van der Waals surface area contributed by atoms with E-state index in [1.54, 1.807) is 24.3 Å². The molecule has 0 unspecified atom stereocenters. The summed E-state index contributed by atoms with van der Waals surface area (Å²) in [6.07, 6.45) is 1.31. The maximum atomic E-state index is 11.2. The Morgan fingerprint density at radius 1 is 1.40 bits per heavy atom. The number of H-pyrrole nitrogens is 1. The molecule has 0 radical (unpaired) electrons. The van der Waals surface area contributed by atoms with Gasteiger partial charge >= 0.3 is 0 Å². The summed E-state index contributed by atoms with van der Waals surface area (Å²) >= 11 is 5.83. The number of nitrogens with zero attached hydrogens (tertiary/aromatic N) is 1. The van der Waals surface area contributed by atoms with E-state index < -0.39 is 0 Å². The predicted molar refractivity (Wildman–Crippen MR) is 59.7 cm³/mol. The first kappa shape index (κ1) is 9.73. The molecule has 0 aliphatic carbocycles. The Morgan fingerprint density at radius 3 is 2.93 bits per heavy atom. The van der Waals surface area contributed by atoms with Gasteiger partial charge < -0.3 is 10.7 Å². The normalized spacial score (nSPS) is 10.2. The summed E-state index contributed by atoms with van der Waals surface area (Å²) in [5, 5.41) is 0.578. The van der Waals surface area contributed by atoms with E-state index in [-0.39, 0.29) is 11.2 Å². The van der Waals surface area contributed by atoms with E-state index in [0.717, 1.165) is 5.56 Å². The molecule has 0 atom stereocenters. The second kappa shape index (κ2) is 3.74. The van der Waals surface area contributed by atoms with Crippen LogP contribution in [0.1, 0.15) is 0 Å². The fourth-order valence-corrected chi connectivity index (χ4v) is 1.47. The molecule has 0 aliphatic heterocycles. The lowest BCUT2D eigenvalue weighted by Gasteiger charge is -2.03. The topological polar surface area (TPSA) is 71.8 Å². The number of aromatic amines is 1. The van der Waals surface area contributed by atoms with Gasteiger partial charge in [0.1, 0.15) is 11.4 Å². The molecule has 0 spiro atoms. The third-order valence-electron chi connectivity index (χ3n) is 1.99. The molecule has 1 aromatic heterocycles. The van der Waals surface area contributed by atoms with Gasteiger partial charge in [0.2, 0.25) is 0 Å². The van der Waals surface area contributed by atoms with Crippen LogP contribution in [0.5, 0.6) is 0 Å². The molecule has 76 valence electrons. The number of anilines is 1. The third-order valence-corrected chi connectivity index (χ3v) is 2.22. The average molecular weight is 222 g/mol. The Kier molecular flexibility index (Phi) is 2.43. The maximum absolute atomic E-state index is 11.2. The highest BCUT2D eigenvalue weighted by molar-refractivity contribution is 6.30. The molecule has 15 heavy (non-hydrogen) atoms. The maximum Gasteiger partial charge on any atom is 0.274 e. The SMILES string of the molecule is Nc1c(-c2cccc(Cl)c2)nc[nH]c1=O. The summed E-state index contributed by atoms with van der Waals surface area (Å²) in [7, 11) is 0. The smallest absolute Gasteiger partial charge is 0.274 e. The van der Waals surface area contributed by atoms with Crippen LogP contribution in [-0.4, -0.2) is 9.97 Å². The average Bonchev–Trinajstić information content (AvgIpc) is 2.22. The van der Waals surface area contributed by atoms with Crippen LogP contribution in [0.4, 0.5) is 5.69 Å². The largest absolute Gasteiger partial charge is 0.392 e. The predicted octanol–water partition coefficient (Wildman–Crippen LogP) is 1.67. The van der Waals surface area contributed by atoms with Crippen LogP contribution in [0.2, 0.25) is 5.02 Å². The van der Waals surface area contributed by atoms with Crippen LogP contribution >= 0.6 is 11.6 Å². The molecule has 3 N–H and O–H groups in total. The van der Waals surface area contributed by atoms with Gasteiger partial charge in [-0.05, 0) is 12.1 Å². The van der Waals surface area contributed by atoms with Crippen LogP contribution in [-0.2, 0) is 0 Å². The highest BCUT2D eigenvalue weighted by atomic mass is 35.5. The van der Waals surface area contributed by atoms with Crippen LogP contribution in [0.3, 0.4) is 0 Å². The van der Waals surface area contributed by atoms with Crippen molar-refractivity contribution in [2.45, 2.75) is 0 Å².